The first-order chi connectivity index (χ1) is 6.79. The molecular formula is C12H9O2. The van der Waals surface area contributed by atoms with Crippen LogP contribution in [0.4, 0.5) is 0 Å². The Hall–Kier alpha value is -1.83. The van der Waals surface area contributed by atoms with Gasteiger partial charge in [0.1, 0.15) is 5.76 Å². The molecule has 0 fully saturated rings. The van der Waals surface area contributed by atoms with Gasteiger partial charge in [0.2, 0.25) is 0 Å². The van der Waals surface area contributed by atoms with E-state index in [1.165, 1.54) is 0 Å². The molecule has 0 atom stereocenters. The van der Waals surface area contributed by atoms with Crippen LogP contribution < -0.4 is 0 Å². The van der Waals surface area contributed by atoms with Crippen LogP contribution in [0.25, 0.3) is 11.3 Å². The fourth-order valence-corrected chi connectivity index (χ4v) is 1.31. The van der Waals surface area contributed by atoms with E-state index in [2.05, 4.69) is 6.07 Å². The Labute approximate surface area is 82.2 Å². The molecule has 2 heteroatoms. The Morgan fingerprint density at radius 2 is 2.21 bits per heavy atom. The Morgan fingerprint density at radius 3 is 2.86 bits per heavy atom. The van der Waals surface area contributed by atoms with Crippen molar-refractivity contribution in [2.24, 2.45) is 0 Å². The lowest BCUT2D eigenvalue weighted by Crippen LogP contribution is -1.76. The first kappa shape index (κ1) is 8.75. The van der Waals surface area contributed by atoms with E-state index in [4.69, 9.17) is 4.42 Å². The van der Waals surface area contributed by atoms with E-state index in [0.717, 1.165) is 11.1 Å². The first-order valence-electron chi connectivity index (χ1n) is 4.33. The van der Waals surface area contributed by atoms with E-state index >= 15 is 0 Å². The van der Waals surface area contributed by atoms with Crippen LogP contribution in [0.5, 0.6) is 0 Å². The minimum Gasteiger partial charge on any atom is -0.453 e. The van der Waals surface area contributed by atoms with Crippen molar-refractivity contribution in [2.45, 2.75) is 6.92 Å². The van der Waals surface area contributed by atoms with Crippen molar-refractivity contribution in [3.63, 3.8) is 0 Å². The van der Waals surface area contributed by atoms with Crippen LogP contribution in [-0.2, 0) is 0 Å². The summed E-state index contributed by atoms with van der Waals surface area (Å²) in [6.45, 7) is 1.99. The van der Waals surface area contributed by atoms with Crippen LogP contribution in [0.15, 0.2) is 34.7 Å². The fourth-order valence-electron chi connectivity index (χ4n) is 1.31. The zero-order valence-corrected chi connectivity index (χ0v) is 7.78. The largest absolute Gasteiger partial charge is 0.453 e. The maximum Gasteiger partial charge on any atom is 0.185 e. The second-order valence-electron chi connectivity index (χ2n) is 3.12. The van der Waals surface area contributed by atoms with Crippen LogP contribution in [0.2, 0.25) is 0 Å². The Kier molecular flexibility index (Phi) is 2.19. The Bertz CT molecular complexity index is 455. The molecule has 0 aliphatic carbocycles. The lowest BCUT2D eigenvalue weighted by Gasteiger charge is -1.97. The van der Waals surface area contributed by atoms with Crippen LogP contribution in [-0.4, -0.2) is 6.29 Å². The van der Waals surface area contributed by atoms with Crippen LogP contribution in [0.3, 0.4) is 0 Å². The van der Waals surface area contributed by atoms with Crippen LogP contribution in [0.1, 0.15) is 16.1 Å². The number of carbonyl (C=O) groups excluding carboxylic acids is 1. The monoisotopic (exact) mass is 185 g/mol. The number of benzene rings is 1. The second kappa shape index (κ2) is 3.50. The van der Waals surface area contributed by atoms with Gasteiger partial charge in [0.05, 0.1) is 0 Å². The zero-order chi connectivity index (χ0) is 9.97. The smallest absolute Gasteiger partial charge is 0.185 e. The maximum atomic E-state index is 10.4. The average molecular weight is 185 g/mol. The minimum atomic E-state index is 0.349. The van der Waals surface area contributed by atoms with Gasteiger partial charge in [0.15, 0.2) is 12.0 Å². The summed E-state index contributed by atoms with van der Waals surface area (Å²) in [4.78, 5) is 10.4. The van der Waals surface area contributed by atoms with E-state index in [1.807, 2.05) is 25.1 Å². The number of carbonyl (C=O) groups is 1. The molecule has 0 spiro atoms. The second-order valence-corrected chi connectivity index (χ2v) is 3.12. The number of hydrogen-bond acceptors (Lipinski definition) is 2. The van der Waals surface area contributed by atoms with E-state index < -0.39 is 0 Å². The highest BCUT2D eigenvalue weighted by molar-refractivity contribution is 5.72. The average Bonchev–Trinajstić information content (AvgIpc) is 2.66. The topological polar surface area (TPSA) is 30.2 Å². The van der Waals surface area contributed by atoms with Crippen molar-refractivity contribution < 1.29 is 9.21 Å². The summed E-state index contributed by atoms with van der Waals surface area (Å²) >= 11 is 0. The first-order valence-corrected chi connectivity index (χ1v) is 4.33. The fraction of sp³-hybridized carbons (Fsp3) is 0.0833. The van der Waals surface area contributed by atoms with Gasteiger partial charge in [0.25, 0.3) is 0 Å². The van der Waals surface area contributed by atoms with E-state index in [9.17, 15) is 4.79 Å². The van der Waals surface area contributed by atoms with Crippen molar-refractivity contribution in [3.05, 3.63) is 47.7 Å². The molecule has 0 saturated heterocycles. The third kappa shape index (κ3) is 1.59. The van der Waals surface area contributed by atoms with Gasteiger partial charge < -0.3 is 4.42 Å². The molecule has 1 aromatic carbocycles. The molecule has 0 amide bonds. The molecule has 1 heterocycles. The van der Waals surface area contributed by atoms with Gasteiger partial charge >= 0.3 is 0 Å². The van der Waals surface area contributed by atoms with E-state index in [-0.39, 0.29) is 0 Å². The summed E-state index contributed by atoms with van der Waals surface area (Å²) < 4.78 is 5.29. The number of hydrogen-bond donors (Lipinski definition) is 0. The van der Waals surface area contributed by atoms with Gasteiger partial charge in [-0.3, -0.25) is 4.79 Å². The molecule has 1 aromatic heterocycles. The molecule has 0 unspecified atom stereocenters. The predicted molar refractivity (Wildman–Crippen MR) is 53.1 cm³/mol. The highest BCUT2D eigenvalue weighted by atomic mass is 16.3. The van der Waals surface area contributed by atoms with Gasteiger partial charge in [-0.05, 0) is 42.8 Å². The molecule has 2 aromatic rings. The molecule has 2 nitrogen and oxygen atoms in total. The lowest BCUT2D eigenvalue weighted by atomic mass is 10.1. The van der Waals surface area contributed by atoms with Gasteiger partial charge in [-0.2, -0.15) is 0 Å². The lowest BCUT2D eigenvalue weighted by molar-refractivity contribution is 0.110. The van der Waals surface area contributed by atoms with E-state index in [1.54, 1.807) is 12.1 Å². The number of furan rings is 1. The Balaban J connectivity index is 2.43. The molecule has 2 rings (SSSR count). The summed E-state index contributed by atoms with van der Waals surface area (Å²) in [7, 11) is 0. The van der Waals surface area contributed by atoms with Gasteiger partial charge in [0, 0.05) is 5.56 Å². The van der Waals surface area contributed by atoms with Crippen LogP contribution in [0, 0.1) is 13.0 Å². The highest BCUT2D eigenvalue weighted by Crippen LogP contribution is 2.21. The maximum absolute atomic E-state index is 10.4. The van der Waals surface area contributed by atoms with Crippen LogP contribution >= 0.6 is 0 Å². The summed E-state index contributed by atoms with van der Waals surface area (Å²) in [6.07, 6.45) is 0.697. The molecular weight excluding hydrogens is 176 g/mol. The molecule has 0 saturated carbocycles. The molecule has 0 aliphatic rings. The summed E-state index contributed by atoms with van der Waals surface area (Å²) in [5.74, 6) is 1.05. The van der Waals surface area contributed by atoms with Gasteiger partial charge in [-0.25, -0.2) is 0 Å². The molecule has 14 heavy (non-hydrogen) atoms. The summed E-state index contributed by atoms with van der Waals surface area (Å²) in [6, 6.07) is 12.2. The zero-order valence-electron chi connectivity index (χ0n) is 7.78. The number of aryl methyl sites for hydroxylation is 1. The molecule has 1 radical (unpaired) electrons. The SMILES string of the molecule is Cc1c[c]cc(-c2ccc(C=O)o2)c1. The van der Waals surface area contributed by atoms with Gasteiger partial charge in [-0.1, -0.05) is 6.07 Å². The quantitative estimate of drug-likeness (QED) is 0.673. The van der Waals surface area contributed by atoms with Crippen molar-refractivity contribution in [1.82, 2.24) is 0 Å². The standard InChI is InChI=1S/C12H9O2/c1-9-3-2-4-10(7-9)12-6-5-11(8-13)14-12/h3-8H,1H3. The minimum absolute atomic E-state index is 0.349. The normalized spacial score (nSPS) is 10.1. The van der Waals surface area contributed by atoms with Gasteiger partial charge in [-0.15, -0.1) is 0 Å². The number of rotatable bonds is 2. The molecule has 0 aliphatic heterocycles. The highest BCUT2D eigenvalue weighted by Gasteiger charge is 2.03. The van der Waals surface area contributed by atoms with Crippen molar-refractivity contribution in [1.29, 1.82) is 0 Å². The molecule has 0 bridgehead atoms. The molecule has 0 N–H and O–H groups in total. The summed E-state index contributed by atoms with van der Waals surface area (Å²) in [5, 5.41) is 0. The van der Waals surface area contributed by atoms with Crippen molar-refractivity contribution in [2.75, 3.05) is 0 Å². The van der Waals surface area contributed by atoms with E-state index in [0.29, 0.717) is 17.8 Å². The summed E-state index contributed by atoms with van der Waals surface area (Å²) in [5.41, 5.74) is 2.06. The third-order valence-corrected chi connectivity index (χ3v) is 1.96. The number of aldehydes is 1. The predicted octanol–water partition coefficient (Wildman–Crippen LogP) is 2.87. The third-order valence-electron chi connectivity index (χ3n) is 1.96. The molecule has 69 valence electrons. The van der Waals surface area contributed by atoms with Crippen molar-refractivity contribution in [3.8, 4) is 11.3 Å². The van der Waals surface area contributed by atoms with Crippen molar-refractivity contribution >= 4 is 6.29 Å². The Morgan fingerprint density at radius 1 is 1.36 bits per heavy atom.